The molecule has 0 spiro atoms. The molecule has 0 aromatic rings. The van der Waals surface area contributed by atoms with Crippen molar-refractivity contribution in [3.63, 3.8) is 0 Å². The molecule has 0 aromatic carbocycles. The van der Waals surface area contributed by atoms with Gasteiger partial charge in [-0.25, -0.2) is 0 Å². The highest BCUT2D eigenvalue weighted by atomic mass is 16.4. The third kappa shape index (κ3) is 10.0. The number of carboxylic acids is 1. The predicted octanol–water partition coefficient (Wildman–Crippen LogP) is 6.35. The van der Waals surface area contributed by atoms with E-state index in [2.05, 4.69) is 19.1 Å². The molecular weight excluding hydrogens is 272 g/mol. The Morgan fingerprint density at radius 1 is 1.05 bits per heavy atom. The fraction of sp³-hybridized carbons (Fsp3) is 0.850. The van der Waals surface area contributed by atoms with Crippen molar-refractivity contribution < 1.29 is 9.90 Å². The quantitative estimate of drug-likeness (QED) is 0.318. The summed E-state index contributed by atoms with van der Waals surface area (Å²) in [6.07, 6.45) is 21.9. The number of rotatable bonds is 13. The van der Waals surface area contributed by atoms with Gasteiger partial charge in [-0.2, -0.15) is 0 Å². The van der Waals surface area contributed by atoms with Gasteiger partial charge in [-0.15, -0.1) is 0 Å². The molecule has 0 bridgehead atoms. The summed E-state index contributed by atoms with van der Waals surface area (Å²) in [5.74, 6) is 1.06. The zero-order chi connectivity index (χ0) is 16.0. The van der Waals surface area contributed by atoms with E-state index in [0.29, 0.717) is 6.42 Å². The van der Waals surface area contributed by atoms with Crippen LogP contribution in [0.15, 0.2) is 12.2 Å². The van der Waals surface area contributed by atoms with Crippen molar-refractivity contribution in [2.24, 2.45) is 11.8 Å². The smallest absolute Gasteiger partial charge is 0.303 e. The number of hydrogen-bond acceptors (Lipinski definition) is 1. The van der Waals surface area contributed by atoms with E-state index >= 15 is 0 Å². The zero-order valence-electron chi connectivity index (χ0n) is 14.6. The summed E-state index contributed by atoms with van der Waals surface area (Å²) in [5.41, 5.74) is 0. The average Bonchev–Trinajstić information content (AvgIpc) is 2.53. The summed E-state index contributed by atoms with van der Waals surface area (Å²) in [7, 11) is 0. The molecule has 2 atom stereocenters. The van der Waals surface area contributed by atoms with E-state index in [1.54, 1.807) is 0 Å². The van der Waals surface area contributed by atoms with Crippen molar-refractivity contribution in [2.45, 2.75) is 96.8 Å². The third-order valence-electron chi connectivity index (χ3n) is 5.07. The number of hydrogen-bond donors (Lipinski definition) is 1. The second-order valence-corrected chi connectivity index (χ2v) is 7.11. The SMILES string of the molecule is CC(CCCCCCCCCCCC(=O)O)C1C=CCCC1. The van der Waals surface area contributed by atoms with Gasteiger partial charge in [0.1, 0.15) is 0 Å². The van der Waals surface area contributed by atoms with Crippen LogP contribution in [0.25, 0.3) is 0 Å². The molecule has 1 aliphatic rings. The van der Waals surface area contributed by atoms with Crippen LogP contribution in [0.3, 0.4) is 0 Å². The molecule has 2 nitrogen and oxygen atoms in total. The molecule has 1 rings (SSSR count). The summed E-state index contributed by atoms with van der Waals surface area (Å²) in [4.78, 5) is 10.4. The lowest BCUT2D eigenvalue weighted by Gasteiger charge is -2.23. The van der Waals surface area contributed by atoms with Gasteiger partial charge in [-0.05, 0) is 37.5 Å². The normalized spacial score (nSPS) is 19.2. The molecule has 0 fully saturated rings. The minimum absolute atomic E-state index is 0.342. The van der Waals surface area contributed by atoms with E-state index < -0.39 is 5.97 Å². The highest BCUT2D eigenvalue weighted by Gasteiger charge is 2.15. The molecule has 1 N–H and O–H groups in total. The van der Waals surface area contributed by atoms with Gasteiger partial charge in [0.15, 0.2) is 0 Å². The lowest BCUT2D eigenvalue weighted by molar-refractivity contribution is -0.137. The maximum absolute atomic E-state index is 10.4. The largest absolute Gasteiger partial charge is 0.481 e. The standard InChI is InChI=1S/C20H36O2/c1-18(19-15-11-9-12-16-19)14-10-7-5-3-2-4-6-8-13-17-20(21)22/h11,15,18-19H,2-10,12-14,16-17H2,1H3,(H,21,22). The Morgan fingerprint density at radius 3 is 2.18 bits per heavy atom. The molecular formula is C20H36O2. The molecule has 1 aliphatic carbocycles. The molecule has 2 heteroatoms. The van der Waals surface area contributed by atoms with E-state index in [1.807, 2.05) is 0 Å². The maximum Gasteiger partial charge on any atom is 0.303 e. The summed E-state index contributed by atoms with van der Waals surface area (Å²) in [6.45, 7) is 2.43. The van der Waals surface area contributed by atoms with Crippen LogP contribution in [-0.2, 0) is 4.79 Å². The van der Waals surface area contributed by atoms with Crippen LogP contribution < -0.4 is 0 Å². The maximum atomic E-state index is 10.4. The summed E-state index contributed by atoms with van der Waals surface area (Å²) >= 11 is 0. The minimum Gasteiger partial charge on any atom is -0.481 e. The highest BCUT2D eigenvalue weighted by Crippen LogP contribution is 2.28. The molecule has 0 saturated heterocycles. The van der Waals surface area contributed by atoms with E-state index in [9.17, 15) is 4.79 Å². The second-order valence-electron chi connectivity index (χ2n) is 7.11. The number of aliphatic carboxylic acids is 1. The lowest BCUT2D eigenvalue weighted by atomic mass is 9.83. The van der Waals surface area contributed by atoms with Gasteiger partial charge in [-0.3, -0.25) is 4.79 Å². The first kappa shape index (κ1) is 19.3. The van der Waals surface area contributed by atoms with Gasteiger partial charge in [0.25, 0.3) is 0 Å². The fourth-order valence-corrected chi connectivity index (χ4v) is 3.51. The fourth-order valence-electron chi connectivity index (χ4n) is 3.51. The van der Waals surface area contributed by atoms with E-state index in [0.717, 1.165) is 24.7 Å². The number of carbonyl (C=O) groups is 1. The van der Waals surface area contributed by atoms with Gasteiger partial charge >= 0.3 is 5.97 Å². The van der Waals surface area contributed by atoms with Crippen LogP contribution in [0, 0.1) is 11.8 Å². The Balaban J connectivity index is 1.82. The van der Waals surface area contributed by atoms with E-state index in [1.165, 1.54) is 70.6 Å². The number of allylic oxidation sites excluding steroid dienone is 2. The van der Waals surface area contributed by atoms with Crippen molar-refractivity contribution in [1.82, 2.24) is 0 Å². The first-order chi connectivity index (χ1) is 10.7. The Kier molecular flexibility index (Phi) is 11.1. The van der Waals surface area contributed by atoms with Crippen LogP contribution in [-0.4, -0.2) is 11.1 Å². The molecule has 0 amide bonds. The third-order valence-corrected chi connectivity index (χ3v) is 5.07. The predicted molar refractivity (Wildman–Crippen MR) is 94.1 cm³/mol. The van der Waals surface area contributed by atoms with Gasteiger partial charge < -0.3 is 5.11 Å². The summed E-state index contributed by atoms with van der Waals surface area (Å²) in [5, 5.41) is 8.56. The summed E-state index contributed by atoms with van der Waals surface area (Å²) < 4.78 is 0. The number of unbranched alkanes of at least 4 members (excludes halogenated alkanes) is 8. The van der Waals surface area contributed by atoms with Crippen molar-refractivity contribution in [2.75, 3.05) is 0 Å². The zero-order valence-corrected chi connectivity index (χ0v) is 14.6. The van der Waals surface area contributed by atoms with Gasteiger partial charge in [0.05, 0.1) is 0 Å². The first-order valence-corrected chi connectivity index (χ1v) is 9.58. The first-order valence-electron chi connectivity index (χ1n) is 9.58. The topological polar surface area (TPSA) is 37.3 Å². The van der Waals surface area contributed by atoms with Gasteiger partial charge in [0.2, 0.25) is 0 Å². The van der Waals surface area contributed by atoms with Crippen molar-refractivity contribution in [1.29, 1.82) is 0 Å². The molecule has 0 heterocycles. The van der Waals surface area contributed by atoms with Crippen molar-refractivity contribution >= 4 is 5.97 Å². The van der Waals surface area contributed by atoms with Gasteiger partial charge in [0, 0.05) is 6.42 Å². The Hall–Kier alpha value is -0.790. The highest BCUT2D eigenvalue weighted by molar-refractivity contribution is 5.66. The summed E-state index contributed by atoms with van der Waals surface area (Å²) in [6, 6.07) is 0. The minimum atomic E-state index is -0.655. The van der Waals surface area contributed by atoms with Crippen LogP contribution in [0.2, 0.25) is 0 Å². The van der Waals surface area contributed by atoms with Crippen molar-refractivity contribution in [3.05, 3.63) is 12.2 Å². The van der Waals surface area contributed by atoms with Crippen LogP contribution in [0.1, 0.15) is 96.8 Å². The van der Waals surface area contributed by atoms with Crippen LogP contribution in [0.5, 0.6) is 0 Å². The van der Waals surface area contributed by atoms with Gasteiger partial charge in [-0.1, -0.05) is 76.9 Å². The van der Waals surface area contributed by atoms with Crippen molar-refractivity contribution in [3.8, 4) is 0 Å². The molecule has 0 aromatic heterocycles. The average molecular weight is 309 g/mol. The monoisotopic (exact) mass is 308 g/mol. The molecule has 128 valence electrons. The van der Waals surface area contributed by atoms with Crippen LogP contribution >= 0.6 is 0 Å². The van der Waals surface area contributed by atoms with E-state index in [-0.39, 0.29) is 0 Å². The number of carboxylic acid groups (broad SMARTS) is 1. The Bertz CT molecular complexity index is 309. The molecule has 2 unspecified atom stereocenters. The molecule has 0 saturated carbocycles. The Morgan fingerprint density at radius 2 is 1.64 bits per heavy atom. The molecule has 22 heavy (non-hydrogen) atoms. The molecule has 0 aliphatic heterocycles. The molecule has 0 radical (unpaired) electrons. The second kappa shape index (κ2) is 12.7. The van der Waals surface area contributed by atoms with E-state index in [4.69, 9.17) is 5.11 Å². The Labute approximate surface area is 137 Å². The van der Waals surface area contributed by atoms with Crippen LogP contribution in [0.4, 0.5) is 0 Å². The lowest BCUT2D eigenvalue weighted by Crippen LogP contribution is -2.11.